The first kappa shape index (κ1) is 23.3. The minimum absolute atomic E-state index is 0.329. The van der Waals surface area contributed by atoms with Crippen molar-refractivity contribution in [2.45, 2.75) is 52.7 Å². The number of nitrogens with one attached hydrogen (secondary N) is 1. The minimum Gasteiger partial charge on any atom is -0.350 e. The van der Waals surface area contributed by atoms with Crippen LogP contribution in [0.3, 0.4) is 0 Å². The lowest BCUT2D eigenvalue weighted by Gasteiger charge is -2.28. The van der Waals surface area contributed by atoms with Gasteiger partial charge in [-0.15, -0.1) is 0 Å². The third kappa shape index (κ3) is 6.08. The smallest absolute Gasteiger partial charge is 0.243 e. The molecule has 0 aliphatic carbocycles. The van der Waals surface area contributed by atoms with Crippen LogP contribution in [-0.2, 0) is 27.9 Å². The molecule has 0 saturated carbocycles. The van der Waals surface area contributed by atoms with Crippen molar-refractivity contribution < 1.29 is 13.2 Å². The molecule has 0 bridgehead atoms. The second kappa shape index (κ2) is 9.83. The number of sulfonamides is 1. The van der Waals surface area contributed by atoms with E-state index in [2.05, 4.69) is 22.3 Å². The van der Waals surface area contributed by atoms with Gasteiger partial charge in [0.05, 0.1) is 11.9 Å². The molecule has 0 radical (unpaired) electrons. The largest absolute Gasteiger partial charge is 0.350 e. The highest BCUT2D eigenvalue weighted by Gasteiger charge is 2.29. The number of hydrogen-bond donors (Lipinski definition) is 1. The molecule has 1 heterocycles. The van der Waals surface area contributed by atoms with Gasteiger partial charge in [0.25, 0.3) is 0 Å². The molecule has 1 atom stereocenters. The first-order chi connectivity index (χ1) is 14.6. The van der Waals surface area contributed by atoms with E-state index in [4.69, 9.17) is 0 Å². The Hall–Kier alpha value is -2.38. The summed E-state index contributed by atoms with van der Waals surface area (Å²) in [7, 11) is -3.62. The summed E-state index contributed by atoms with van der Waals surface area (Å²) in [6.07, 6.45) is 3.68. The van der Waals surface area contributed by atoms with Crippen LogP contribution in [0.1, 0.15) is 42.0 Å². The molecule has 1 N–H and O–H groups in total. The van der Waals surface area contributed by atoms with E-state index in [1.54, 1.807) is 19.1 Å². The summed E-state index contributed by atoms with van der Waals surface area (Å²) in [5, 5.41) is 2.88. The van der Waals surface area contributed by atoms with Crippen LogP contribution in [0, 0.1) is 13.8 Å². The van der Waals surface area contributed by atoms with Crippen LogP contribution in [0.2, 0.25) is 0 Å². The van der Waals surface area contributed by atoms with Gasteiger partial charge in [-0.2, -0.15) is 0 Å². The summed E-state index contributed by atoms with van der Waals surface area (Å²) in [5.41, 5.74) is 4.81. The van der Waals surface area contributed by atoms with Crippen molar-refractivity contribution in [3.8, 4) is 0 Å². The highest BCUT2D eigenvalue weighted by molar-refractivity contribution is 7.92. The zero-order chi connectivity index (χ0) is 22.6. The fourth-order valence-electron chi connectivity index (χ4n) is 3.97. The molecule has 7 heteroatoms. The van der Waals surface area contributed by atoms with E-state index in [0.717, 1.165) is 42.6 Å². The maximum atomic E-state index is 12.8. The van der Waals surface area contributed by atoms with Crippen molar-refractivity contribution >= 4 is 21.6 Å². The lowest BCUT2D eigenvalue weighted by Crippen LogP contribution is -2.47. The molecule has 168 valence electrons. The number of hydrogen-bond acceptors (Lipinski definition) is 4. The SMILES string of the molecule is Cc1ccc(N(C(C)C(=O)NCc2ccc(CN3CCCC3)cc2)S(C)(=O)=O)cc1C. The van der Waals surface area contributed by atoms with Crippen LogP contribution in [0.4, 0.5) is 5.69 Å². The number of likely N-dealkylation sites (tertiary alicyclic amines) is 1. The molecule has 1 amide bonds. The molecule has 1 saturated heterocycles. The number of carbonyl (C=O) groups is 1. The maximum absolute atomic E-state index is 12.8. The maximum Gasteiger partial charge on any atom is 0.243 e. The number of benzene rings is 2. The van der Waals surface area contributed by atoms with Gasteiger partial charge in [0.1, 0.15) is 6.04 Å². The lowest BCUT2D eigenvalue weighted by atomic mass is 10.1. The minimum atomic E-state index is -3.62. The van der Waals surface area contributed by atoms with Crippen LogP contribution in [0.5, 0.6) is 0 Å². The number of carbonyl (C=O) groups excluding carboxylic acids is 1. The quantitative estimate of drug-likeness (QED) is 0.679. The molecule has 1 unspecified atom stereocenters. The molecule has 31 heavy (non-hydrogen) atoms. The van der Waals surface area contributed by atoms with Gasteiger partial charge in [0.2, 0.25) is 15.9 Å². The van der Waals surface area contributed by atoms with Crippen LogP contribution in [0.25, 0.3) is 0 Å². The van der Waals surface area contributed by atoms with Gasteiger partial charge in [0, 0.05) is 13.1 Å². The van der Waals surface area contributed by atoms with E-state index in [1.165, 1.54) is 22.7 Å². The summed E-state index contributed by atoms with van der Waals surface area (Å²) in [6, 6.07) is 12.8. The highest BCUT2D eigenvalue weighted by atomic mass is 32.2. The van der Waals surface area contributed by atoms with Gasteiger partial charge in [0.15, 0.2) is 0 Å². The first-order valence-corrected chi connectivity index (χ1v) is 12.6. The summed E-state index contributed by atoms with van der Waals surface area (Å²) in [5.74, 6) is -0.329. The van der Waals surface area contributed by atoms with Crippen LogP contribution < -0.4 is 9.62 Å². The number of nitrogens with zero attached hydrogens (tertiary/aromatic N) is 2. The molecule has 1 aliphatic rings. The third-order valence-electron chi connectivity index (χ3n) is 5.93. The van der Waals surface area contributed by atoms with Crippen LogP contribution >= 0.6 is 0 Å². The second-order valence-corrected chi connectivity index (χ2v) is 10.4. The molecule has 3 rings (SSSR count). The molecule has 2 aromatic carbocycles. The Morgan fingerprint density at radius 3 is 2.23 bits per heavy atom. The number of aryl methyl sites for hydroxylation is 2. The van der Waals surface area contributed by atoms with Crippen molar-refractivity contribution in [3.63, 3.8) is 0 Å². The first-order valence-electron chi connectivity index (χ1n) is 10.8. The number of amides is 1. The average Bonchev–Trinajstić information content (AvgIpc) is 3.22. The fraction of sp³-hybridized carbons (Fsp3) is 0.458. The summed E-state index contributed by atoms with van der Waals surface area (Å²) >= 11 is 0. The Morgan fingerprint density at radius 1 is 1.03 bits per heavy atom. The Balaban J connectivity index is 1.64. The lowest BCUT2D eigenvalue weighted by molar-refractivity contribution is -0.122. The molecular weight excluding hydrogens is 410 g/mol. The fourth-order valence-corrected chi connectivity index (χ4v) is 5.14. The third-order valence-corrected chi connectivity index (χ3v) is 7.17. The molecule has 6 nitrogen and oxygen atoms in total. The van der Waals surface area contributed by atoms with E-state index in [-0.39, 0.29) is 5.91 Å². The van der Waals surface area contributed by atoms with E-state index in [1.807, 2.05) is 32.0 Å². The van der Waals surface area contributed by atoms with Gasteiger partial charge < -0.3 is 5.32 Å². The molecule has 0 spiro atoms. The number of rotatable bonds is 8. The van der Waals surface area contributed by atoms with Gasteiger partial charge in [-0.3, -0.25) is 14.0 Å². The van der Waals surface area contributed by atoms with Crippen molar-refractivity contribution in [2.75, 3.05) is 23.7 Å². The summed E-state index contributed by atoms with van der Waals surface area (Å²) in [6.45, 7) is 9.15. The molecule has 1 aliphatic heterocycles. The normalized spacial score (nSPS) is 15.6. The standard InChI is InChI=1S/C24H33N3O3S/c1-18-7-12-23(15-19(18)2)27(31(4,29)30)20(3)24(28)25-16-21-8-10-22(11-9-21)17-26-13-5-6-14-26/h7-12,15,20H,5-6,13-14,16-17H2,1-4H3,(H,25,28). The zero-order valence-corrected chi connectivity index (χ0v) is 19.7. The Labute approximate surface area is 186 Å². The topological polar surface area (TPSA) is 69.7 Å². The van der Waals surface area contributed by atoms with Crippen molar-refractivity contribution in [1.29, 1.82) is 0 Å². The average molecular weight is 444 g/mol. The molecule has 1 fully saturated rings. The monoisotopic (exact) mass is 443 g/mol. The zero-order valence-electron chi connectivity index (χ0n) is 18.9. The predicted octanol–water partition coefficient (Wildman–Crippen LogP) is 3.37. The van der Waals surface area contributed by atoms with Crippen molar-refractivity contribution in [3.05, 3.63) is 64.7 Å². The molecule has 2 aromatic rings. The number of anilines is 1. The van der Waals surface area contributed by atoms with Gasteiger partial charge in [-0.05, 0) is 81.1 Å². The van der Waals surface area contributed by atoms with Crippen LogP contribution in [0.15, 0.2) is 42.5 Å². The summed E-state index contributed by atoms with van der Waals surface area (Å²) < 4.78 is 26.1. The van der Waals surface area contributed by atoms with Gasteiger partial charge in [-0.1, -0.05) is 30.3 Å². The van der Waals surface area contributed by atoms with E-state index in [0.29, 0.717) is 12.2 Å². The molecular formula is C24H33N3O3S. The van der Waals surface area contributed by atoms with Gasteiger partial charge in [-0.25, -0.2) is 8.42 Å². The van der Waals surface area contributed by atoms with E-state index >= 15 is 0 Å². The van der Waals surface area contributed by atoms with Crippen LogP contribution in [-0.4, -0.2) is 44.6 Å². The Morgan fingerprint density at radius 2 is 1.65 bits per heavy atom. The highest BCUT2D eigenvalue weighted by Crippen LogP contribution is 2.24. The summed E-state index contributed by atoms with van der Waals surface area (Å²) in [4.78, 5) is 15.3. The Kier molecular flexibility index (Phi) is 7.38. The second-order valence-electron chi connectivity index (χ2n) is 8.52. The van der Waals surface area contributed by atoms with Crippen molar-refractivity contribution in [2.24, 2.45) is 0 Å². The Bertz CT molecular complexity index is 1010. The molecule has 0 aromatic heterocycles. The van der Waals surface area contributed by atoms with E-state index in [9.17, 15) is 13.2 Å². The van der Waals surface area contributed by atoms with Crippen molar-refractivity contribution in [1.82, 2.24) is 10.2 Å². The van der Waals surface area contributed by atoms with Gasteiger partial charge >= 0.3 is 0 Å². The predicted molar refractivity (Wildman–Crippen MR) is 126 cm³/mol. The van der Waals surface area contributed by atoms with E-state index < -0.39 is 16.1 Å².